The third-order valence-electron chi connectivity index (χ3n) is 3.99. The number of benzene rings is 1. The molecule has 0 N–H and O–H groups in total. The number of rotatable bonds is 6. The summed E-state index contributed by atoms with van der Waals surface area (Å²) in [6, 6.07) is 1.75. The van der Waals surface area contributed by atoms with Gasteiger partial charge in [-0.1, -0.05) is 29.8 Å². The smallest absolute Gasteiger partial charge is 0.330 e. The highest BCUT2D eigenvalue weighted by Gasteiger charge is 2.10. The Morgan fingerprint density at radius 1 is 1.12 bits per heavy atom. The van der Waals surface area contributed by atoms with Crippen molar-refractivity contribution in [1.29, 1.82) is 0 Å². The van der Waals surface area contributed by atoms with Crippen LogP contribution in [0.4, 0.5) is 4.39 Å². The zero-order valence-corrected chi connectivity index (χ0v) is 16.7. The van der Waals surface area contributed by atoms with Crippen molar-refractivity contribution in [3.8, 4) is 5.75 Å². The number of ether oxygens (including phenoxy) is 2. The standard InChI is InChI=1S/C21H24ClFO3/c1-13(11-21(24)26-6)7-10-19(23)14(2)8-9-17-15(3)16(4)20(25-5)12-18(17)22/h7-12H,1-6H3/b9-8+,10-7+,13-11+,19-14-. The van der Waals surface area contributed by atoms with Crippen LogP contribution in [0.1, 0.15) is 30.5 Å². The average Bonchev–Trinajstić information content (AvgIpc) is 2.61. The second kappa shape index (κ2) is 9.97. The van der Waals surface area contributed by atoms with E-state index in [-0.39, 0.29) is 0 Å². The Morgan fingerprint density at radius 2 is 1.77 bits per heavy atom. The molecule has 3 nitrogen and oxygen atoms in total. The second-order valence-corrected chi connectivity index (χ2v) is 6.24. The molecule has 1 rings (SSSR count). The van der Waals surface area contributed by atoms with Crippen LogP contribution in [0.2, 0.25) is 5.02 Å². The van der Waals surface area contributed by atoms with Crippen LogP contribution >= 0.6 is 11.6 Å². The first-order valence-corrected chi connectivity index (χ1v) is 8.41. The van der Waals surface area contributed by atoms with E-state index in [1.807, 2.05) is 13.8 Å². The molecule has 0 radical (unpaired) electrons. The summed E-state index contributed by atoms with van der Waals surface area (Å²) in [4.78, 5) is 11.1. The average molecular weight is 379 g/mol. The number of esters is 1. The molecule has 0 aliphatic heterocycles. The van der Waals surface area contributed by atoms with Crippen LogP contribution in [0.25, 0.3) is 6.08 Å². The Bertz CT molecular complexity index is 802. The number of methoxy groups -OCH3 is 2. The van der Waals surface area contributed by atoms with Crippen molar-refractivity contribution in [1.82, 2.24) is 0 Å². The molecular weight excluding hydrogens is 355 g/mol. The van der Waals surface area contributed by atoms with Crippen molar-refractivity contribution in [3.63, 3.8) is 0 Å². The first kappa shape index (κ1) is 21.7. The Labute approximate surface area is 159 Å². The van der Waals surface area contributed by atoms with Gasteiger partial charge in [-0.15, -0.1) is 0 Å². The molecule has 1 aromatic carbocycles. The highest BCUT2D eigenvalue weighted by molar-refractivity contribution is 6.32. The minimum absolute atomic E-state index is 0.405. The lowest BCUT2D eigenvalue weighted by Crippen LogP contribution is -1.94. The van der Waals surface area contributed by atoms with Crippen molar-refractivity contribution in [3.05, 3.63) is 69.1 Å². The van der Waals surface area contributed by atoms with Crippen LogP contribution in [-0.2, 0) is 9.53 Å². The van der Waals surface area contributed by atoms with Gasteiger partial charge in [0.15, 0.2) is 0 Å². The van der Waals surface area contributed by atoms with Crippen LogP contribution in [0, 0.1) is 13.8 Å². The second-order valence-electron chi connectivity index (χ2n) is 5.83. The van der Waals surface area contributed by atoms with E-state index in [4.69, 9.17) is 16.3 Å². The molecule has 26 heavy (non-hydrogen) atoms. The van der Waals surface area contributed by atoms with Gasteiger partial charge in [0.1, 0.15) is 11.6 Å². The van der Waals surface area contributed by atoms with E-state index in [0.29, 0.717) is 16.2 Å². The molecule has 0 heterocycles. The maximum atomic E-state index is 14.2. The molecule has 5 heteroatoms. The van der Waals surface area contributed by atoms with Gasteiger partial charge in [0.05, 0.1) is 19.2 Å². The van der Waals surface area contributed by atoms with E-state index in [2.05, 4.69) is 4.74 Å². The summed E-state index contributed by atoms with van der Waals surface area (Å²) in [5, 5.41) is 0.543. The van der Waals surface area contributed by atoms with Crippen molar-refractivity contribution >= 4 is 23.6 Å². The molecule has 0 spiro atoms. The molecule has 0 aliphatic rings. The highest BCUT2D eigenvalue weighted by atomic mass is 35.5. The summed E-state index contributed by atoms with van der Waals surface area (Å²) in [7, 11) is 2.89. The van der Waals surface area contributed by atoms with Gasteiger partial charge in [-0.05, 0) is 67.7 Å². The van der Waals surface area contributed by atoms with Crippen molar-refractivity contribution in [2.75, 3.05) is 14.2 Å². The van der Waals surface area contributed by atoms with Crippen molar-refractivity contribution in [2.45, 2.75) is 27.7 Å². The molecule has 0 atom stereocenters. The van der Waals surface area contributed by atoms with Gasteiger partial charge in [-0.2, -0.15) is 0 Å². The third kappa shape index (κ3) is 5.88. The maximum absolute atomic E-state index is 14.2. The number of carbonyl (C=O) groups is 1. The largest absolute Gasteiger partial charge is 0.496 e. The Balaban J connectivity index is 3.07. The fraction of sp³-hybridized carbons (Fsp3) is 0.286. The van der Waals surface area contributed by atoms with Crippen LogP contribution in [0.5, 0.6) is 5.75 Å². The Hall–Kier alpha value is -2.33. The van der Waals surface area contributed by atoms with E-state index < -0.39 is 11.8 Å². The van der Waals surface area contributed by atoms with E-state index in [9.17, 15) is 9.18 Å². The SMILES string of the molecule is COC(=O)/C=C(C)/C=C/C(F)=C(C)/C=C/c1c(Cl)cc(OC)c(C)c1C. The maximum Gasteiger partial charge on any atom is 0.330 e. The molecular formula is C21H24ClFO3. The topological polar surface area (TPSA) is 35.5 Å². The first-order valence-electron chi connectivity index (χ1n) is 8.03. The third-order valence-corrected chi connectivity index (χ3v) is 4.30. The molecule has 0 saturated heterocycles. The lowest BCUT2D eigenvalue weighted by molar-refractivity contribution is -0.134. The number of hydrogen-bond acceptors (Lipinski definition) is 3. The molecule has 0 amide bonds. The normalized spacial score (nSPS) is 13.3. The van der Waals surface area contributed by atoms with E-state index in [1.54, 1.807) is 39.2 Å². The molecule has 0 fully saturated rings. The van der Waals surface area contributed by atoms with Crippen molar-refractivity contribution in [2.24, 2.45) is 0 Å². The molecule has 0 aliphatic carbocycles. The van der Waals surface area contributed by atoms with Gasteiger partial charge >= 0.3 is 5.97 Å². The van der Waals surface area contributed by atoms with E-state index in [1.165, 1.54) is 25.3 Å². The minimum atomic E-state index is -0.479. The fourth-order valence-corrected chi connectivity index (χ4v) is 2.50. The quantitative estimate of drug-likeness (QED) is 0.351. The number of carbonyl (C=O) groups excluding carboxylic acids is 1. The van der Waals surface area contributed by atoms with Gasteiger partial charge in [-0.25, -0.2) is 9.18 Å². The van der Waals surface area contributed by atoms with Gasteiger partial charge in [0, 0.05) is 6.08 Å². The zero-order chi connectivity index (χ0) is 19.9. The van der Waals surface area contributed by atoms with Crippen LogP contribution in [0.15, 0.2) is 47.3 Å². The molecule has 0 unspecified atom stereocenters. The van der Waals surface area contributed by atoms with Gasteiger partial charge in [-0.3, -0.25) is 0 Å². The summed E-state index contributed by atoms with van der Waals surface area (Å²) in [6.07, 6.45) is 7.56. The molecule has 0 bridgehead atoms. The predicted molar refractivity (Wildman–Crippen MR) is 105 cm³/mol. The first-order chi connectivity index (χ1) is 12.2. The van der Waals surface area contributed by atoms with Gasteiger partial charge < -0.3 is 9.47 Å². The van der Waals surface area contributed by atoms with E-state index >= 15 is 0 Å². The predicted octanol–water partition coefficient (Wildman–Crippen LogP) is 5.90. The summed E-state index contributed by atoms with van der Waals surface area (Å²) >= 11 is 6.31. The lowest BCUT2D eigenvalue weighted by atomic mass is 10.0. The molecule has 1 aromatic rings. The Morgan fingerprint density at radius 3 is 2.35 bits per heavy atom. The minimum Gasteiger partial charge on any atom is -0.496 e. The van der Waals surface area contributed by atoms with Gasteiger partial charge in [0.25, 0.3) is 0 Å². The Kier molecular flexibility index (Phi) is 8.33. The molecule has 0 saturated carbocycles. The lowest BCUT2D eigenvalue weighted by Gasteiger charge is -2.12. The van der Waals surface area contributed by atoms with Gasteiger partial charge in [0.2, 0.25) is 0 Å². The summed E-state index contributed by atoms with van der Waals surface area (Å²) in [5.74, 6) is -0.162. The summed E-state index contributed by atoms with van der Waals surface area (Å²) in [5.41, 5.74) is 3.82. The summed E-state index contributed by atoms with van der Waals surface area (Å²) < 4.78 is 24.0. The number of hydrogen-bond donors (Lipinski definition) is 0. The number of allylic oxidation sites excluding steroid dienone is 6. The zero-order valence-electron chi connectivity index (χ0n) is 15.9. The molecule has 0 aromatic heterocycles. The highest BCUT2D eigenvalue weighted by Crippen LogP contribution is 2.32. The number of halogens is 2. The van der Waals surface area contributed by atoms with Crippen LogP contribution in [0.3, 0.4) is 0 Å². The monoisotopic (exact) mass is 378 g/mol. The van der Waals surface area contributed by atoms with Crippen LogP contribution in [-0.4, -0.2) is 20.2 Å². The van der Waals surface area contributed by atoms with Crippen molar-refractivity contribution < 1.29 is 18.7 Å². The van der Waals surface area contributed by atoms with Crippen LogP contribution < -0.4 is 4.74 Å². The van der Waals surface area contributed by atoms with E-state index in [0.717, 1.165) is 22.4 Å². The molecule has 140 valence electrons. The summed E-state index contributed by atoms with van der Waals surface area (Å²) in [6.45, 7) is 7.24. The fourth-order valence-electron chi connectivity index (χ4n) is 2.20.